The minimum absolute atomic E-state index is 0.0973. The second kappa shape index (κ2) is 6.45. The molecule has 3 amide bonds. The summed E-state index contributed by atoms with van der Waals surface area (Å²) >= 11 is 0. The zero-order chi connectivity index (χ0) is 15.6. The topological polar surface area (TPSA) is 69.7 Å². The lowest BCUT2D eigenvalue weighted by Crippen LogP contribution is -2.60. The Hall–Kier alpha value is -1.59. The number of nitrogens with one attached hydrogen (secondary N) is 1. The Kier molecular flexibility index (Phi) is 4.85. The molecular formula is C15H25N3O3. The Morgan fingerprint density at radius 1 is 1.33 bits per heavy atom. The average Bonchev–Trinajstić information content (AvgIpc) is 2.43. The first kappa shape index (κ1) is 15.8. The molecule has 1 N–H and O–H groups in total. The predicted octanol–water partition coefficient (Wildman–Crippen LogP) is 0.228. The van der Waals surface area contributed by atoms with Gasteiger partial charge in [-0.05, 0) is 25.2 Å². The second-order valence-corrected chi connectivity index (χ2v) is 6.42. The van der Waals surface area contributed by atoms with E-state index in [0.717, 1.165) is 6.42 Å². The van der Waals surface area contributed by atoms with E-state index in [2.05, 4.69) is 5.32 Å². The van der Waals surface area contributed by atoms with Crippen LogP contribution in [0.1, 0.15) is 33.1 Å². The lowest BCUT2D eigenvalue weighted by Gasteiger charge is -2.39. The number of likely N-dealkylation sites (tertiary alicyclic amines) is 1. The summed E-state index contributed by atoms with van der Waals surface area (Å²) in [7, 11) is 1.73. The third kappa shape index (κ3) is 3.36. The van der Waals surface area contributed by atoms with Gasteiger partial charge < -0.3 is 15.1 Å². The number of nitrogens with zero attached hydrogens (tertiary/aromatic N) is 2. The molecule has 0 aromatic carbocycles. The molecule has 0 saturated carbocycles. The van der Waals surface area contributed by atoms with Gasteiger partial charge >= 0.3 is 0 Å². The molecule has 2 rings (SSSR count). The van der Waals surface area contributed by atoms with Crippen molar-refractivity contribution in [3.8, 4) is 0 Å². The molecule has 21 heavy (non-hydrogen) atoms. The van der Waals surface area contributed by atoms with Crippen LogP contribution in [-0.2, 0) is 14.4 Å². The van der Waals surface area contributed by atoms with Crippen LogP contribution < -0.4 is 5.32 Å². The summed E-state index contributed by atoms with van der Waals surface area (Å²) in [6.07, 6.45) is 2.07. The molecular weight excluding hydrogens is 270 g/mol. The number of carbonyl (C=O) groups is 3. The SMILES string of the molecule is CC(C)CC1C(=O)NCCN1C(=O)C1CCCN(C)C1=O. The molecule has 0 radical (unpaired) electrons. The average molecular weight is 295 g/mol. The number of piperidine rings is 1. The van der Waals surface area contributed by atoms with Gasteiger partial charge in [0.15, 0.2) is 0 Å². The highest BCUT2D eigenvalue weighted by atomic mass is 16.2. The van der Waals surface area contributed by atoms with Crippen LogP contribution in [0.15, 0.2) is 0 Å². The van der Waals surface area contributed by atoms with Gasteiger partial charge in [0.05, 0.1) is 0 Å². The van der Waals surface area contributed by atoms with Crippen molar-refractivity contribution < 1.29 is 14.4 Å². The highest BCUT2D eigenvalue weighted by molar-refractivity contribution is 6.02. The van der Waals surface area contributed by atoms with Gasteiger partial charge in [0.2, 0.25) is 17.7 Å². The van der Waals surface area contributed by atoms with Crippen LogP contribution in [0.25, 0.3) is 0 Å². The summed E-state index contributed by atoms with van der Waals surface area (Å²) in [5.41, 5.74) is 0. The van der Waals surface area contributed by atoms with E-state index in [0.29, 0.717) is 38.4 Å². The summed E-state index contributed by atoms with van der Waals surface area (Å²) in [6.45, 7) is 5.73. The summed E-state index contributed by atoms with van der Waals surface area (Å²) in [6, 6.07) is -0.439. The Bertz CT molecular complexity index is 436. The quantitative estimate of drug-likeness (QED) is 0.758. The number of rotatable bonds is 3. The smallest absolute Gasteiger partial charge is 0.242 e. The fourth-order valence-corrected chi connectivity index (χ4v) is 3.12. The fraction of sp³-hybridized carbons (Fsp3) is 0.800. The minimum atomic E-state index is -0.607. The number of piperazine rings is 1. The Morgan fingerprint density at radius 3 is 2.71 bits per heavy atom. The summed E-state index contributed by atoms with van der Waals surface area (Å²) < 4.78 is 0. The van der Waals surface area contributed by atoms with Crippen LogP contribution in [0.2, 0.25) is 0 Å². The van der Waals surface area contributed by atoms with Gasteiger partial charge in [0, 0.05) is 26.7 Å². The van der Waals surface area contributed by atoms with Gasteiger partial charge in [-0.15, -0.1) is 0 Å². The normalized spacial score (nSPS) is 27.0. The highest BCUT2D eigenvalue weighted by Crippen LogP contribution is 2.23. The summed E-state index contributed by atoms with van der Waals surface area (Å²) in [4.78, 5) is 40.3. The van der Waals surface area contributed by atoms with Gasteiger partial charge in [0.1, 0.15) is 12.0 Å². The molecule has 118 valence electrons. The lowest BCUT2D eigenvalue weighted by molar-refractivity contribution is -0.154. The van der Waals surface area contributed by atoms with Gasteiger partial charge in [-0.3, -0.25) is 14.4 Å². The molecule has 0 aromatic heterocycles. The largest absolute Gasteiger partial charge is 0.353 e. The zero-order valence-electron chi connectivity index (χ0n) is 13.1. The molecule has 2 unspecified atom stereocenters. The van der Waals surface area contributed by atoms with Crippen LogP contribution in [0.4, 0.5) is 0 Å². The van der Waals surface area contributed by atoms with Gasteiger partial charge in [-0.2, -0.15) is 0 Å². The molecule has 0 spiro atoms. The van der Waals surface area contributed by atoms with E-state index in [9.17, 15) is 14.4 Å². The van der Waals surface area contributed by atoms with Crippen LogP contribution in [-0.4, -0.2) is 60.2 Å². The molecule has 2 heterocycles. The molecule has 2 aliphatic rings. The second-order valence-electron chi connectivity index (χ2n) is 6.42. The number of hydrogen-bond acceptors (Lipinski definition) is 3. The maximum Gasteiger partial charge on any atom is 0.242 e. The molecule has 6 heteroatoms. The Balaban J connectivity index is 2.14. The third-order valence-corrected chi connectivity index (χ3v) is 4.27. The molecule has 0 aliphatic carbocycles. The maximum atomic E-state index is 12.7. The van der Waals surface area contributed by atoms with Crippen molar-refractivity contribution in [1.29, 1.82) is 0 Å². The van der Waals surface area contributed by atoms with Crippen LogP contribution in [0, 0.1) is 11.8 Å². The molecule has 2 atom stereocenters. The Morgan fingerprint density at radius 2 is 2.05 bits per heavy atom. The van der Waals surface area contributed by atoms with Crippen molar-refractivity contribution in [2.75, 3.05) is 26.7 Å². The van der Waals surface area contributed by atoms with Gasteiger partial charge in [-0.25, -0.2) is 0 Å². The molecule has 0 bridgehead atoms. The number of carbonyl (C=O) groups excluding carboxylic acids is 3. The fourth-order valence-electron chi connectivity index (χ4n) is 3.12. The summed E-state index contributed by atoms with van der Waals surface area (Å²) in [5, 5.41) is 2.82. The molecule has 2 aliphatic heterocycles. The lowest BCUT2D eigenvalue weighted by atomic mass is 9.93. The van der Waals surface area contributed by atoms with E-state index in [-0.39, 0.29) is 17.7 Å². The standard InChI is InChI=1S/C15H25N3O3/c1-10(2)9-12-13(19)16-6-8-18(12)15(21)11-5-4-7-17(3)14(11)20/h10-12H,4-9H2,1-3H3,(H,16,19). The first-order valence-corrected chi connectivity index (χ1v) is 7.75. The van der Waals surface area contributed by atoms with Crippen LogP contribution in [0.5, 0.6) is 0 Å². The van der Waals surface area contributed by atoms with Crippen LogP contribution >= 0.6 is 0 Å². The highest BCUT2D eigenvalue weighted by Gasteiger charge is 2.40. The van der Waals surface area contributed by atoms with E-state index in [1.54, 1.807) is 16.8 Å². The predicted molar refractivity (Wildman–Crippen MR) is 78.3 cm³/mol. The van der Waals surface area contributed by atoms with Crippen molar-refractivity contribution in [2.24, 2.45) is 11.8 Å². The van der Waals surface area contributed by atoms with Crippen molar-refractivity contribution in [1.82, 2.24) is 15.1 Å². The van der Waals surface area contributed by atoms with Crippen molar-refractivity contribution in [3.63, 3.8) is 0 Å². The molecule has 2 saturated heterocycles. The van der Waals surface area contributed by atoms with E-state index >= 15 is 0 Å². The summed E-state index contributed by atoms with van der Waals surface area (Å²) in [5.74, 6) is -0.671. The first-order chi connectivity index (χ1) is 9.91. The van der Waals surface area contributed by atoms with Crippen molar-refractivity contribution in [2.45, 2.75) is 39.2 Å². The monoisotopic (exact) mass is 295 g/mol. The van der Waals surface area contributed by atoms with Crippen molar-refractivity contribution >= 4 is 17.7 Å². The van der Waals surface area contributed by atoms with E-state index in [1.807, 2.05) is 13.8 Å². The van der Waals surface area contributed by atoms with Crippen molar-refractivity contribution in [3.05, 3.63) is 0 Å². The van der Waals surface area contributed by atoms with Crippen LogP contribution in [0.3, 0.4) is 0 Å². The molecule has 2 fully saturated rings. The van der Waals surface area contributed by atoms with Gasteiger partial charge in [0.25, 0.3) is 0 Å². The van der Waals surface area contributed by atoms with Gasteiger partial charge in [-0.1, -0.05) is 13.8 Å². The Labute approximate surface area is 125 Å². The van der Waals surface area contributed by atoms with E-state index in [4.69, 9.17) is 0 Å². The van der Waals surface area contributed by atoms with E-state index < -0.39 is 12.0 Å². The number of hydrogen-bond donors (Lipinski definition) is 1. The molecule has 0 aromatic rings. The first-order valence-electron chi connectivity index (χ1n) is 7.75. The maximum absolute atomic E-state index is 12.7. The number of amides is 3. The van der Waals surface area contributed by atoms with E-state index in [1.165, 1.54) is 0 Å². The zero-order valence-corrected chi connectivity index (χ0v) is 13.1. The third-order valence-electron chi connectivity index (χ3n) is 4.27. The molecule has 6 nitrogen and oxygen atoms in total. The minimum Gasteiger partial charge on any atom is -0.353 e.